The lowest BCUT2D eigenvalue weighted by molar-refractivity contribution is 0.0651. The molecule has 0 spiro atoms. The zero-order chi connectivity index (χ0) is 25.7. The van der Waals surface area contributed by atoms with Gasteiger partial charge in [0.15, 0.2) is 5.82 Å². The van der Waals surface area contributed by atoms with Gasteiger partial charge in [-0.25, -0.2) is 0 Å². The first-order valence-electron chi connectivity index (χ1n) is 12.2. The first-order valence-corrected chi connectivity index (χ1v) is 12.2. The number of nitrogens with one attached hydrogen (secondary N) is 1. The third-order valence-electron chi connectivity index (χ3n) is 6.12. The van der Waals surface area contributed by atoms with Crippen LogP contribution >= 0.6 is 0 Å². The van der Waals surface area contributed by atoms with E-state index >= 15 is 0 Å². The highest BCUT2D eigenvalue weighted by molar-refractivity contribution is 6.04. The van der Waals surface area contributed by atoms with Crippen LogP contribution in [0.2, 0.25) is 0 Å². The highest BCUT2D eigenvalue weighted by Crippen LogP contribution is 2.32. The van der Waals surface area contributed by atoms with E-state index in [1.165, 1.54) is 0 Å². The summed E-state index contributed by atoms with van der Waals surface area (Å²) in [5, 5.41) is 16.5. The number of likely N-dealkylation sites (tertiary alicyclic amines) is 1. The van der Waals surface area contributed by atoms with Gasteiger partial charge in [-0.05, 0) is 55.2 Å². The lowest BCUT2D eigenvalue weighted by atomic mass is 10.0. The van der Waals surface area contributed by atoms with E-state index in [4.69, 9.17) is 9.47 Å². The molecule has 0 aliphatic carbocycles. The number of aliphatic hydroxyl groups excluding tert-OH is 1. The van der Waals surface area contributed by atoms with E-state index in [1.807, 2.05) is 24.8 Å². The van der Waals surface area contributed by atoms with Crippen molar-refractivity contribution < 1.29 is 24.2 Å². The number of anilines is 1. The quantitative estimate of drug-likeness (QED) is 0.443. The predicted molar refractivity (Wildman–Crippen MR) is 136 cm³/mol. The summed E-state index contributed by atoms with van der Waals surface area (Å²) in [5.74, 6) is 1.49. The minimum atomic E-state index is -0.412. The Hall–Kier alpha value is -3.85. The van der Waals surface area contributed by atoms with Gasteiger partial charge in [0, 0.05) is 49.6 Å². The summed E-state index contributed by atoms with van der Waals surface area (Å²) in [7, 11) is 1.77. The Balaban J connectivity index is 1.62. The van der Waals surface area contributed by atoms with Crippen LogP contribution in [0.5, 0.6) is 17.2 Å². The van der Waals surface area contributed by atoms with Crippen LogP contribution in [0, 0.1) is 0 Å². The Morgan fingerprint density at radius 2 is 1.86 bits per heavy atom. The summed E-state index contributed by atoms with van der Waals surface area (Å²) in [4.78, 5) is 27.4. The van der Waals surface area contributed by atoms with Crippen LogP contribution in [-0.2, 0) is 13.5 Å². The number of aliphatic hydroxyl groups is 1. The lowest BCUT2D eigenvalue weighted by Crippen LogP contribution is -2.42. The third kappa shape index (κ3) is 5.85. The normalized spacial score (nSPS) is 13.6. The van der Waals surface area contributed by atoms with Crippen molar-refractivity contribution in [2.24, 2.45) is 7.05 Å². The van der Waals surface area contributed by atoms with Gasteiger partial charge in [-0.15, -0.1) is 0 Å². The fraction of sp³-hybridized carbons (Fsp3) is 0.370. The van der Waals surface area contributed by atoms with Crippen LogP contribution in [0.3, 0.4) is 0 Å². The summed E-state index contributed by atoms with van der Waals surface area (Å²) in [6.45, 7) is 5.34. The molecule has 9 nitrogen and oxygen atoms in total. The molecule has 3 aromatic rings. The molecule has 0 saturated carbocycles. The molecule has 1 aliphatic rings. The van der Waals surface area contributed by atoms with Crippen LogP contribution in [0.4, 0.5) is 5.82 Å². The van der Waals surface area contributed by atoms with Gasteiger partial charge in [-0.3, -0.25) is 14.3 Å². The van der Waals surface area contributed by atoms with Crippen molar-refractivity contribution in [2.75, 3.05) is 25.0 Å². The van der Waals surface area contributed by atoms with Crippen LogP contribution in [0.25, 0.3) is 0 Å². The Morgan fingerprint density at radius 1 is 1.08 bits per heavy atom. The number of carbonyl (C=O) groups is 2. The van der Waals surface area contributed by atoms with E-state index in [9.17, 15) is 14.7 Å². The molecule has 1 saturated heterocycles. The van der Waals surface area contributed by atoms with E-state index in [-0.39, 0.29) is 18.4 Å². The molecule has 0 radical (unpaired) electrons. The molecule has 1 fully saturated rings. The highest BCUT2D eigenvalue weighted by Gasteiger charge is 2.22. The predicted octanol–water partition coefficient (Wildman–Crippen LogP) is 4.02. The molecule has 1 aromatic heterocycles. The third-order valence-corrected chi connectivity index (χ3v) is 6.12. The van der Waals surface area contributed by atoms with Gasteiger partial charge >= 0.3 is 0 Å². The topological polar surface area (TPSA) is 106 Å². The molecule has 2 aromatic carbocycles. The number of hydrogen-bond acceptors (Lipinski definition) is 6. The SMILES string of the molecule is CCc1cc(C(=O)N2CCC2)ccc1Oc1cc(OC(CC)CO)cc(C(=O)Nc2ccn(C)n2)c1. The first kappa shape index (κ1) is 25.2. The van der Waals surface area contributed by atoms with Gasteiger partial charge in [0.05, 0.1) is 6.61 Å². The molecule has 2 heterocycles. The van der Waals surface area contributed by atoms with Gasteiger partial charge < -0.3 is 24.8 Å². The van der Waals surface area contributed by atoms with Crippen molar-refractivity contribution in [3.63, 3.8) is 0 Å². The summed E-state index contributed by atoms with van der Waals surface area (Å²) >= 11 is 0. The molecule has 2 N–H and O–H groups in total. The number of rotatable bonds is 10. The van der Waals surface area contributed by atoms with Crippen LogP contribution in [0.1, 0.15) is 53.0 Å². The second kappa shape index (κ2) is 11.3. The minimum absolute atomic E-state index is 0.0287. The average Bonchev–Trinajstić information content (AvgIpc) is 3.25. The number of carbonyl (C=O) groups excluding carboxylic acids is 2. The van der Waals surface area contributed by atoms with E-state index in [2.05, 4.69) is 10.4 Å². The summed E-state index contributed by atoms with van der Waals surface area (Å²) in [5.41, 5.74) is 1.85. The number of aryl methyl sites for hydroxylation is 2. The Bertz CT molecular complexity index is 1230. The molecule has 36 heavy (non-hydrogen) atoms. The molecule has 1 unspecified atom stereocenters. The average molecular weight is 493 g/mol. The van der Waals surface area contributed by atoms with Crippen LogP contribution in [0.15, 0.2) is 48.7 Å². The Labute approximate surface area is 210 Å². The van der Waals surface area contributed by atoms with Crippen molar-refractivity contribution in [3.8, 4) is 17.2 Å². The van der Waals surface area contributed by atoms with Gasteiger partial charge in [-0.1, -0.05) is 13.8 Å². The second-order valence-corrected chi connectivity index (χ2v) is 8.78. The molecule has 2 amide bonds. The number of amides is 2. The first-order chi connectivity index (χ1) is 17.4. The van der Waals surface area contributed by atoms with Crippen molar-refractivity contribution in [3.05, 3.63) is 65.4 Å². The molecular weight excluding hydrogens is 460 g/mol. The number of nitrogens with zero attached hydrogens (tertiary/aromatic N) is 3. The van der Waals surface area contributed by atoms with E-state index in [0.29, 0.717) is 47.0 Å². The molecule has 9 heteroatoms. The van der Waals surface area contributed by atoms with Gasteiger partial charge in [0.1, 0.15) is 23.4 Å². The lowest BCUT2D eigenvalue weighted by Gasteiger charge is -2.31. The minimum Gasteiger partial charge on any atom is -0.488 e. The summed E-state index contributed by atoms with van der Waals surface area (Å²) in [6, 6.07) is 12.0. The largest absolute Gasteiger partial charge is 0.488 e. The zero-order valence-electron chi connectivity index (χ0n) is 20.9. The fourth-order valence-corrected chi connectivity index (χ4v) is 3.86. The van der Waals surface area contributed by atoms with Crippen molar-refractivity contribution in [2.45, 2.75) is 39.2 Å². The Kier molecular flexibility index (Phi) is 7.90. The van der Waals surface area contributed by atoms with Crippen LogP contribution in [-0.4, -0.2) is 57.4 Å². The van der Waals surface area contributed by atoms with Crippen molar-refractivity contribution >= 4 is 17.6 Å². The highest BCUT2D eigenvalue weighted by atomic mass is 16.5. The second-order valence-electron chi connectivity index (χ2n) is 8.78. The maximum absolute atomic E-state index is 13.0. The summed E-state index contributed by atoms with van der Waals surface area (Å²) < 4.78 is 13.7. The van der Waals surface area contributed by atoms with Gasteiger partial charge in [0.2, 0.25) is 0 Å². The molecular formula is C27H32N4O5. The van der Waals surface area contributed by atoms with E-state index < -0.39 is 6.10 Å². The maximum Gasteiger partial charge on any atom is 0.257 e. The molecule has 1 atom stereocenters. The standard InChI is InChI=1S/C27H32N4O5/c1-4-18-13-19(27(34)31-10-6-11-31)7-8-24(18)36-23-15-20(14-22(16-23)35-21(5-2)17-32)26(33)28-25-9-12-30(3)29-25/h7-9,12-16,21,32H,4-6,10-11,17H2,1-3H3,(H,28,29,33). The smallest absolute Gasteiger partial charge is 0.257 e. The molecule has 190 valence electrons. The fourth-order valence-electron chi connectivity index (χ4n) is 3.86. The number of ether oxygens (including phenoxy) is 2. The molecule has 4 rings (SSSR count). The number of aromatic nitrogens is 2. The maximum atomic E-state index is 13.0. The van der Waals surface area contributed by atoms with E-state index in [0.717, 1.165) is 25.1 Å². The van der Waals surface area contributed by atoms with Crippen molar-refractivity contribution in [1.29, 1.82) is 0 Å². The molecule has 0 bridgehead atoms. The Morgan fingerprint density at radius 3 is 2.47 bits per heavy atom. The van der Waals surface area contributed by atoms with E-state index in [1.54, 1.807) is 54.3 Å². The number of benzene rings is 2. The van der Waals surface area contributed by atoms with Crippen molar-refractivity contribution in [1.82, 2.24) is 14.7 Å². The van der Waals surface area contributed by atoms with Gasteiger partial charge in [-0.2, -0.15) is 5.10 Å². The van der Waals surface area contributed by atoms with Gasteiger partial charge in [0.25, 0.3) is 11.8 Å². The van der Waals surface area contributed by atoms with Crippen LogP contribution < -0.4 is 14.8 Å². The monoisotopic (exact) mass is 492 g/mol. The summed E-state index contributed by atoms with van der Waals surface area (Å²) in [6.07, 6.45) is 3.63. The zero-order valence-corrected chi connectivity index (χ0v) is 20.9. The number of hydrogen-bond donors (Lipinski definition) is 2. The molecule has 1 aliphatic heterocycles.